The summed E-state index contributed by atoms with van der Waals surface area (Å²) in [6, 6.07) is 0.771. The molecule has 0 aromatic rings. The predicted octanol–water partition coefficient (Wildman–Crippen LogP) is 2.97. The largest absolute Gasteiger partial charge is 0.502 e. The van der Waals surface area contributed by atoms with Gasteiger partial charge in [-0.25, -0.2) is 0 Å². The zero-order valence-electron chi connectivity index (χ0n) is 13.4. The molecule has 20 heavy (non-hydrogen) atoms. The Morgan fingerprint density at radius 1 is 1.10 bits per heavy atom. The Labute approximate surface area is 124 Å². The van der Waals surface area contributed by atoms with Crippen LogP contribution in [-0.2, 0) is 22.8 Å². The molecule has 2 unspecified atom stereocenters. The predicted molar refractivity (Wildman–Crippen MR) is 79.6 cm³/mol. The number of hydrogen-bond acceptors (Lipinski definition) is 5. The Bertz CT molecular complexity index is 240. The average Bonchev–Trinajstić information content (AvgIpc) is 3.30. The molecule has 0 aromatic carbocycles. The minimum atomic E-state index is -2.61. The Balaban J connectivity index is 2.52. The minimum Gasteiger partial charge on any atom is -0.373 e. The summed E-state index contributed by atoms with van der Waals surface area (Å²) >= 11 is 0. The fourth-order valence-corrected chi connectivity index (χ4v) is 4.19. The molecule has 1 saturated heterocycles. The van der Waals surface area contributed by atoms with Crippen molar-refractivity contribution in [1.29, 1.82) is 0 Å². The molecule has 0 spiro atoms. The first-order chi connectivity index (χ1) is 9.69. The molecule has 2 atom stereocenters. The topological polar surface area (TPSA) is 49.5 Å². The van der Waals surface area contributed by atoms with Crippen molar-refractivity contribution in [1.82, 2.24) is 0 Å². The maximum Gasteiger partial charge on any atom is 0.502 e. The van der Waals surface area contributed by atoms with Crippen LogP contribution in [0.3, 0.4) is 0 Å². The van der Waals surface area contributed by atoms with E-state index in [0.29, 0.717) is 19.8 Å². The Morgan fingerprint density at radius 2 is 1.70 bits per heavy atom. The SMILES string of the molecule is CCCO[Si](CC)(OCCC)OC(CC)OCC1CO1. The lowest BCUT2D eigenvalue weighted by Gasteiger charge is -2.32. The van der Waals surface area contributed by atoms with Gasteiger partial charge in [0.25, 0.3) is 0 Å². The average molecular weight is 306 g/mol. The van der Waals surface area contributed by atoms with E-state index in [1.165, 1.54) is 0 Å². The molecule has 0 bridgehead atoms. The maximum absolute atomic E-state index is 6.14. The van der Waals surface area contributed by atoms with Crippen LogP contribution in [0, 0.1) is 0 Å². The van der Waals surface area contributed by atoms with Crippen molar-refractivity contribution in [2.24, 2.45) is 0 Å². The van der Waals surface area contributed by atoms with Gasteiger partial charge < -0.3 is 22.8 Å². The first kappa shape index (κ1) is 18.1. The number of rotatable bonds is 13. The summed E-state index contributed by atoms with van der Waals surface area (Å²) in [7, 11) is -2.61. The molecule has 1 rings (SSSR count). The lowest BCUT2D eigenvalue weighted by Crippen LogP contribution is -2.49. The molecule has 0 aromatic heterocycles. The van der Waals surface area contributed by atoms with Crippen LogP contribution in [0.15, 0.2) is 0 Å². The molecule has 1 fully saturated rings. The molecule has 1 heterocycles. The van der Waals surface area contributed by atoms with Gasteiger partial charge in [-0.15, -0.1) is 0 Å². The van der Waals surface area contributed by atoms with Crippen LogP contribution in [0.2, 0.25) is 6.04 Å². The van der Waals surface area contributed by atoms with Crippen LogP contribution >= 0.6 is 0 Å². The molecule has 0 N–H and O–H groups in total. The van der Waals surface area contributed by atoms with Crippen molar-refractivity contribution in [3.63, 3.8) is 0 Å². The molecule has 0 saturated carbocycles. The summed E-state index contributed by atoms with van der Waals surface area (Å²) in [5.74, 6) is 0. The zero-order chi connectivity index (χ0) is 14.8. The molecule has 1 aliphatic heterocycles. The summed E-state index contributed by atoms with van der Waals surface area (Å²) in [4.78, 5) is 0. The van der Waals surface area contributed by atoms with E-state index in [1.54, 1.807) is 0 Å². The Kier molecular flexibility index (Phi) is 8.91. The van der Waals surface area contributed by atoms with Gasteiger partial charge in [-0.3, -0.25) is 0 Å². The summed E-state index contributed by atoms with van der Waals surface area (Å²) < 4.78 is 29.0. The molecule has 120 valence electrons. The van der Waals surface area contributed by atoms with Crippen molar-refractivity contribution >= 4 is 8.80 Å². The smallest absolute Gasteiger partial charge is 0.373 e. The Hall–Kier alpha value is 0.0169. The van der Waals surface area contributed by atoms with Crippen molar-refractivity contribution in [2.75, 3.05) is 26.4 Å². The van der Waals surface area contributed by atoms with Crippen molar-refractivity contribution in [2.45, 2.75) is 65.4 Å². The van der Waals surface area contributed by atoms with Crippen molar-refractivity contribution < 1.29 is 22.8 Å². The summed E-state index contributed by atoms with van der Waals surface area (Å²) in [6.45, 7) is 11.0. The van der Waals surface area contributed by atoms with E-state index in [2.05, 4.69) is 20.8 Å². The highest BCUT2D eigenvalue weighted by Gasteiger charge is 2.41. The molecule has 5 nitrogen and oxygen atoms in total. The van der Waals surface area contributed by atoms with E-state index >= 15 is 0 Å². The fraction of sp³-hybridized carbons (Fsp3) is 1.00. The second-order valence-corrected chi connectivity index (χ2v) is 7.86. The molecule has 1 aliphatic rings. The fourth-order valence-electron chi connectivity index (χ4n) is 1.73. The van der Waals surface area contributed by atoms with Crippen LogP contribution in [0.4, 0.5) is 0 Å². The molecule has 6 heteroatoms. The Morgan fingerprint density at radius 3 is 2.10 bits per heavy atom. The highest BCUT2D eigenvalue weighted by atomic mass is 28.4. The summed E-state index contributed by atoms with van der Waals surface area (Å²) in [6.07, 6.45) is 2.69. The molecular formula is C14H30O5Si. The van der Waals surface area contributed by atoms with Crippen LogP contribution in [0.1, 0.15) is 47.0 Å². The van der Waals surface area contributed by atoms with E-state index in [9.17, 15) is 0 Å². The number of hydrogen-bond donors (Lipinski definition) is 0. The molecule has 0 amide bonds. The second kappa shape index (κ2) is 9.86. The molecule has 0 radical (unpaired) electrons. The van der Waals surface area contributed by atoms with Gasteiger partial charge in [0, 0.05) is 19.3 Å². The lowest BCUT2D eigenvalue weighted by molar-refractivity contribution is -0.124. The van der Waals surface area contributed by atoms with E-state index in [1.807, 2.05) is 6.92 Å². The van der Waals surface area contributed by atoms with Crippen LogP contribution in [-0.4, -0.2) is 47.6 Å². The maximum atomic E-state index is 6.14. The molecular weight excluding hydrogens is 276 g/mol. The van der Waals surface area contributed by atoms with Gasteiger partial charge >= 0.3 is 8.80 Å². The van der Waals surface area contributed by atoms with E-state index in [4.69, 9.17) is 22.8 Å². The standard InChI is InChI=1S/C14H30O5Si/c1-5-9-17-20(8-4,18-10-6-2)19-14(7-3)16-12-13-11-15-13/h13-14H,5-12H2,1-4H3. The van der Waals surface area contributed by atoms with Gasteiger partial charge in [-0.1, -0.05) is 27.7 Å². The second-order valence-electron chi connectivity index (χ2n) is 4.98. The highest BCUT2D eigenvalue weighted by Crippen LogP contribution is 2.21. The molecule has 0 aliphatic carbocycles. The summed E-state index contributed by atoms with van der Waals surface area (Å²) in [5, 5.41) is 0. The monoisotopic (exact) mass is 306 g/mol. The lowest BCUT2D eigenvalue weighted by atomic mass is 10.4. The van der Waals surface area contributed by atoms with Gasteiger partial charge in [0.2, 0.25) is 0 Å². The van der Waals surface area contributed by atoms with E-state index in [-0.39, 0.29) is 12.4 Å². The van der Waals surface area contributed by atoms with Gasteiger partial charge in [0.15, 0.2) is 6.29 Å². The van der Waals surface area contributed by atoms with Crippen LogP contribution < -0.4 is 0 Å². The summed E-state index contributed by atoms with van der Waals surface area (Å²) in [5.41, 5.74) is 0. The van der Waals surface area contributed by atoms with Crippen LogP contribution in [0.25, 0.3) is 0 Å². The quantitative estimate of drug-likeness (QED) is 0.297. The van der Waals surface area contributed by atoms with Gasteiger partial charge in [0.05, 0.1) is 13.2 Å². The van der Waals surface area contributed by atoms with Gasteiger partial charge in [-0.05, 0) is 19.3 Å². The van der Waals surface area contributed by atoms with Crippen molar-refractivity contribution in [3.8, 4) is 0 Å². The number of epoxide rings is 1. The normalized spacial score (nSPS) is 20.1. The highest BCUT2D eigenvalue weighted by molar-refractivity contribution is 6.60. The van der Waals surface area contributed by atoms with Crippen LogP contribution in [0.5, 0.6) is 0 Å². The first-order valence-corrected chi connectivity index (χ1v) is 9.81. The zero-order valence-corrected chi connectivity index (χ0v) is 14.4. The van der Waals surface area contributed by atoms with E-state index in [0.717, 1.165) is 31.9 Å². The third-order valence-corrected chi connectivity index (χ3v) is 5.78. The third kappa shape index (κ3) is 6.65. The van der Waals surface area contributed by atoms with Crippen molar-refractivity contribution in [3.05, 3.63) is 0 Å². The number of ether oxygens (including phenoxy) is 2. The third-order valence-electron chi connectivity index (χ3n) is 3.00. The minimum absolute atomic E-state index is 0.249. The van der Waals surface area contributed by atoms with E-state index < -0.39 is 8.80 Å². The van der Waals surface area contributed by atoms with Gasteiger partial charge in [0.1, 0.15) is 6.10 Å². The first-order valence-electron chi connectivity index (χ1n) is 7.88. The van der Waals surface area contributed by atoms with Gasteiger partial charge in [-0.2, -0.15) is 0 Å².